The Bertz CT molecular complexity index is 493. The first-order valence-electron chi connectivity index (χ1n) is 6.16. The van der Waals surface area contributed by atoms with E-state index in [2.05, 4.69) is 63.9 Å². The summed E-state index contributed by atoms with van der Waals surface area (Å²) < 4.78 is 1.19. The zero-order valence-corrected chi connectivity index (χ0v) is 13.1. The molecule has 0 aliphatic rings. The molecule has 1 heterocycles. The van der Waals surface area contributed by atoms with E-state index in [0.29, 0.717) is 6.04 Å². The minimum absolute atomic E-state index is 0.404. The zero-order valence-electron chi connectivity index (χ0n) is 10.7. The van der Waals surface area contributed by atoms with E-state index in [1.54, 1.807) is 0 Å². The standard InChI is InChI=1S/C15H18BrNS/c1-11-5-7-14(16)13(10-11)15(17-2)8-6-12-4-3-9-18-12/h3-5,7,9-10,15,17H,6,8H2,1-2H3. The van der Waals surface area contributed by atoms with Gasteiger partial charge in [0.25, 0.3) is 0 Å². The van der Waals surface area contributed by atoms with Crippen molar-refractivity contribution in [1.82, 2.24) is 5.32 Å². The van der Waals surface area contributed by atoms with Gasteiger partial charge in [-0.15, -0.1) is 11.3 Å². The number of halogens is 1. The lowest BCUT2D eigenvalue weighted by Crippen LogP contribution is -2.17. The lowest BCUT2D eigenvalue weighted by atomic mass is 10.00. The lowest BCUT2D eigenvalue weighted by molar-refractivity contribution is 0.549. The number of hydrogen-bond donors (Lipinski definition) is 1. The summed E-state index contributed by atoms with van der Waals surface area (Å²) in [6.07, 6.45) is 2.25. The van der Waals surface area contributed by atoms with E-state index in [0.717, 1.165) is 12.8 Å². The maximum absolute atomic E-state index is 3.65. The van der Waals surface area contributed by atoms with Crippen LogP contribution in [0.2, 0.25) is 0 Å². The molecule has 0 fully saturated rings. The molecule has 0 aliphatic carbocycles. The van der Waals surface area contributed by atoms with Gasteiger partial charge < -0.3 is 5.32 Å². The van der Waals surface area contributed by atoms with Crippen molar-refractivity contribution in [2.45, 2.75) is 25.8 Å². The Morgan fingerprint density at radius 1 is 1.33 bits per heavy atom. The van der Waals surface area contributed by atoms with Crippen LogP contribution in [0.3, 0.4) is 0 Å². The van der Waals surface area contributed by atoms with Crippen LogP contribution >= 0.6 is 27.3 Å². The van der Waals surface area contributed by atoms with Crippen molar-refractivity contribution < 1.29 is 0 Å². The third-order valence-corrected chi connectivity index (χ3v) is 4.79. The minimum atomic E-state index is 0.404. The Morgan fingerprint density at radius 3 is 2.83 bits per heavy atom. The van der Waals surface area contributed by atoms with Crippen LogP contribution < -0.4 is 5.32 Å². The summed E-state index contributed by atoms with van der Waals surface area (Å²) in [6, 6.07) is 11.3. The van der Waals surface area contributed by atoms with E-state index < -0.39 is 0 Å². The van der Waals surface area contributed by atoms with Crippen LogP contribution in [-0.4, -0.2) is 7.05 Å². The fourth-order valence-electron chi connectivity index (χ4n) is 2.13. The van der Waals surface area contributed by atoms with Crippen molar-refractivity contribution >= 4 is 27.3 Å². The Labute approximate surface area is 121 Å². The van der Waals surface area contributed by atoms with Gasteiger partial charge in [0.05, 0.1) is 0 Å². The average molecular weight is 324 g/mol. The summed E-state index contributed by atoms with van der Waals surface area (Å²) in [5.41, 5.74) is 2.67. The first kappa shape index (κ1) is 13.8. The molecule has 2 rings (SSSR count). The molecule has 0 aliphatic heterocycles. The number of benzene rings is 1. The Kier molecular flexibility index (Phi) is 4.98. The van der Waals surface area contributed by atoms with Crippen LogP contribution in [0.4, 0.5) is 0 Å². The van der Waals surface area contributed by atoms with E-state index in [9.17, 15) is 0 Å². The molecule has 1 aromatic heterocycles. The minimum Gasteiger partial charge on any atom is -0.313 e. The second-order valence-corrected chi connectivity index (χ2v) is 6.37. The van der Waals surface area contributed by atoms with Crippen molar-refractivity contribution in [3.8, 4) is 0 Å². The van der Waals surface area contributed by atoms with E-state index in [-0.39, 0.29) is 0 Å². The summed E-state index contributed by atoms with van der Waals surface area (Å²) in [7, 11) is 2.04. The van der Waals surface area contributed by atoms with E-state index >= 15 is 0 Å². The SMILES string of the molecule is CNC(CCc1cccs1)c1cc(C)ccc1Br. The maximum Gasteiger partial charge on any atom is 0.0332 e. The summed E-state index contributed by atoms with van der Waals surface area (Å²) >= 11 is 5.49. The molecule has 2 aromatic rings. The number of rotatable bonds is 5. The van der Waals surface area contributed by atoms with Crippen molar-refractivity contribution in [1.29, 1.82) is 0 Å². The van der Waals surface area contributed by atoms with Crippen LogP contribution in [0.1, 0.15) is 28.5 Å². The van der Waals surface area contributed by atoms with Gasteiger partial charge >= 0.3 is 0 Å². The molecular weight excluding hydrogens is 306 g/mol. The van der Waals surface area contributed by atoms with Gasteiger partial charge in [-0.1, -0.05) is 39.7 Å². The largest absolute Gasteiger partial charge is 0.313 e. The zero-order chi connectivity index (χ0) is 13.0. The first-order chi connectivity index (χ1) is 8.70. The predicted molar refractivity (Wildman–Crippen MR) is 83.3 cm³/mol. The molecule has 1 nitrogen and oxygen atoms in total. The third-order valence-electron chi connectivity index (χ3n) is 3.13. The quantitative estimate of drug-likeness (QED) is 0.840. The van der Waals surface area contributed by atoms with Crippen LogP contribution in [0.5, 0.6) is 0 Å². The molecule has 0 radical (unpaired) electrons. The summed E-state index contributed by atoms with van der Waals surface area (Å²) in [5, 5.41) is 5.57. The summed E-state index contributed by atoms with van der Waals surface area (Å²) in [4.78, 5) is 1.46. The van der Waals surface area contributed by atoms with Gasteiger partial charge in [-0.05, 0) is 49.9 Å². The smallest absolute Gasteiger partial charge is 0.0332 e. The first-order valence-corrected chi connectivity index (χ1v) is 7.83. The van der Waals surface area contributed by atoms with Gasteiger partial charge in [-0.25, -0.2) is 0 Å². The van der Waals surface area contributed by atoms with Crippen molar-refractivity contribution in [3.05, 3.63) is 56.2 Å². The highest BCUT2D eigenvalue weighted by molar-refractivity contribution is 9.10. The molecule has 0 amide bonds. The molecule has 1 N–H and O–H groups in total. The van der Waals surface area contributed by atoms with Crippen molar-refractivity contribution in [2.75, 3.05) is 7.05 Å². The van der Waals surface area contributed by atoms with Gasteiger partial charge in [0.2, 0.25) is 0 Å². The number of hydrogen-bond acceptors (Lipinski definition) is 2. The highest BCUT2D eigenvalue weighted by atomic mass is 79.9. The molecule has 1 atom stereocenters. The molecule has 0 saturated heterocycles. The molecule has 96 valence electrons. The van der Waals surface area contributed by atoms with E-state index in [1.807, 2.05) is 18.4 Å². The summed E-state index contributed by atoms with van der Waals surface area (Å²) in [5.74, 6) is 0. The van der Waals surface area contributed by atoms with Crippen molar-refractivity contribution in [3.63, 3.8) is 0 Å². The maximum atomic E-state index is 3.65. The molecule has 1 aromatic carbocycles. The third kappa shape index (κ3) is 3.44. The predicted octanol–water partition coefficient (Wildman–Crippen LogP) is 4.71. The topological polar surface area (TPSA) is 12.0 Å². The molecule has 0 saturated carbocycles. The highest BCUT2D eigenvalue weighted by Crippen LogP contribution is 2.28. The Balaban J connectivity index is 2.10. The molecule has 1 unspecified atom stereocenters. The molecule has 18 heavy (non-hydrogen) atoms. The summed E-state index contributed by atoms with van der Waals surface area (Å²) in [6.45, 7) is 2.14. The number of thiophene rings is 1. The second kappa shape index (κ2) is 6.50. The van der Waals surface area contributed by atoms with Gasteiger partial charge in [0.1, 0.15) is 0 Å². The fourth-order valence-corrected chi connectivity index (χ4v) is 3.37. The molecule has 0 spiro atoms. The van der Waals surface area contributed by atoms with E-state index in [4.69, 9.17) is 0 Å². The fraction of sp³-hybridized carbons (Fsp3) is 0.333. The van der Waals surface area contributed by atoms with Gasteiger partial charge in [-0.3, -0.25) is 0 Å². The van der Waals surface area contributed by atoms with Crippen LogP contribution in [0.15, 0.2) is 40.2 Å². The number of nitrogens with one attached hydrogen (secondary N) is 1. The van der Waals surface area contributed by atoms with Gasteiger partial charge in [0, 0.05) is 15.4 Å². The molecule has 0 bridgehead atoms. The van der Waals surface area contributed by atoms with Gasteiger partial charge in [-0.2, -0.15) is 0 Å². The Morgan fingerprint density at radius 2 is 2.17 bits per heavy atom. The monoisotopic (exact) mass is 323 g/mol. The van der Waals surface area contributed by atoms with Crippen molar-refractivity contribution in [2.24, 2.45) is 0 Å². The normalized spacial score (nSPS) is 12.6. The van der Waals surface area contributed by atoms with Crippen LogP contribution in [0.25, 0.3) is 0 Å². The molecule has 3 heteroatoms. The average Bonchev–Trinajstić information content (AvgIpc) is 2.87. The van der Waals surface area contributed by atoms with Crippen LogP contribution in [-0.2, 0) is 6.42 Å². The number of aryl methyl sites for hydroxylation is 2. The van der Waals surface area contributed by atoms with Crippen LogP contribution in [0, 0.1) is 6.92 Å². The highest BCUT2D eigenvalue weighted by Gasteiger charge is 2.13. The molecular formula is C15H18BrNS. The second-order valence-electron chi connectivity index (χ2n) is 4.48. The Hall–Kier alpha value is -0.640. The van der Waals surface area contributed by atoms with E-state index in [1.165, 1.54) is 20.5 Å². The lowest BCUT2D eigenvalue weighted by Gasteiger charge is -2.18. The van der Waals surface area contributed by atoms with Gasteiger partial charge in [0.15, 0.2) is 0 Å².